The summed E-state index contributed by atoms with van der Waals surface area (Å²) in [7, 11) is 0. The third-order valence-corrected chi connectivity index (χ3v) is 1.49. The molecule has 8 heavy (non-hydrogen) atoms. The van der Waals surface area contributed by atoms with E-state index in [0.29, 0.717) is 6.54 Å². The number of thiol groups is 1. The van der Waals surface area contributed by atoms with E-state index < -0.39 is 0 Å². The molecule has 0 fully saturated rings. The van der Waals surface area contributed by atoms with Crippen molar-refractivity contribution in [1.29, 1.82) is 0 Å². The molecule has 0 rings (SSSR count). The Labute approximate surface area is 54.9 Å². The fraction of sp³-hybridized carbons (Fsp3) is 0.800. The van der Waals surface area contributed by atoms with E-state index in [1.54, 1.807) is 0 Å². The molecule has 0 aliphatic rings. The fourth-order valence-electron chi connectivity index (χ4n) is 0.442. The summed E-state index contributed by atoms with van der Waals surface area (Å²) in [4.78, 5) is 10.4. The molecule has 0 aliphatic heterocycles. The Bertz CT molecular complexity index is 80.5. The smallest absolute Gasteiger partial charge is 0.190 e. The summed E-state index contributed by atoms with van der Waals surface area (Å²) >= 11 is 3.63. The van der Waals surface area contributed by atoms with Crippen LogP contribution < -0.4 is 5.73 Å². The summed E-state index contributed by atoms with van der Waals surface area (Å²) in [5.74, 6) is -0.0432. The maximum atomic E-state index is 10.4. The van der Waals surface area contributed by atoms with Gasteiger partial charge < -0.3 is 5.73 Å². The van der Waals surface area contributed by atoms with Crippen molar-refractivity contribution in [2.24, 2.45) is 11.7 Å². The molecule has 2 nitrogen and oxygen atoms in total. The molecular weight excluding hydrogens is 122 g/mol. The number of rotatable bonds is 3. The second-order valence-corrected chi connectivity index (χ2v) is 2.12. The van der Waals surface area contributed by atoms with Crippen LogP contribution in [0.4, 0.5) is 0 Å². The molecule has 0 spiro atoms. The number of nitrogens with two attached hydrogens (primary N) is 1. The zero-order valence-corrected chi connectivity index (χ0v) is 5.82. The Balaban J connectivity index is 3.52. The predicted octanol–water partition coefficient (Wildman–Crippen LogP) is 0.428. The monoisotopic (exact) mass is 133 g/mol. The Hall–Kier alpha value is -0.0200. The van der Waals surface area contributed by atoms with Crippen LogP contribution in [0.5, 0.6) is 0 Å². The van der Waals surface area contributed by atoms with Crippen LogP contribution in [-0.4, -0.2) is 11.7 Å². The van der Waals surface area contributed by atoms with Gasteiger partial charge in [0, 0.05) is 12.5 Å². The average molecular weight is 133 g/mol. The van der Waals surface area contributed by atoms with Gasteiger partial charge in [-0.25, -0.2) is 0 Å². The third kappa shape index (κ3) is 2.33. The first-order valence-electron chi connectivity index (χ1n) is 2.65. The summed E-state index contributed by atoms with van der Waals surface area (Å²) in [6.07, 6.45) is 0.791. The highest BCUT2D eigenvalue weighted by molar-refractivity contribution is 7.96. The van der Waals surface area contributed by atoms with Gasteiger partial charge in [-0.2, -0.15) is 0 Å². The molecule has 0 radical (unpaired) electrons. The van der Waals surface area contributed by atoms with Crippen LogP contribution in [0.15, 0.2) is 0 Å². The van der Waals surface area contributed by atoms with E-state index in [0.717, 1.165) is 6.42 Å². The average Bonchev–Trinajstić information content (AvgIpc) is 1.69. The first-order valence-corrected chi connectivity index (χ1v) is 3.10. The first-order chi connectivity index (χ1) is 3.72. The molecule has 0 aromatic heterocycles. The van der Waals surface area contributed by atoms with Gasteiger partial charge in [0.25, 0.3) is 0 Å². The summed E-state index contributed by atoms with van der Waals surface area (Å²) in [6.45, 7) is 2.34. The molecule has 0 saturated heterocycles. The van der Waals surface area contributed by atoms with Gasteiger partial charge in [0.15, 0.2) is 5.12 Å². The van der Waals surface area contributed by atoms with Crippen molar-refractivity contribution < 1.29 is 4.79 Å². The lowest BCUT2D eigenvalue weighted by molar-refractivity contribution is -0.114. The summed E-state index contributed by atoms with van der Waals surface area (Å²) in [5, 5.41) is -0.102. The van der Waals surface area contributed by atoms with Gasteiger partial charge in [-0.1, -0.05) is 6.92 Å². The summed E-state index contributed by atoms with van der Waals surface area (Å²) < 4.78 is 0. The molecule has 48 valence electrons. The molecule has 0 aliphatic carbocycles. The van der Waals surface area contributed by atoms with Gasteiger partial charge in [-0.05, 0) is 6.42 Å². The number of hydrogen-bond donors (Lipinski definition) is 2. The van der Waals surface area contributed by atoms with Gasteiger partial charge in [-0.3, -0.25) is 4.79 Å². The zero-order chi connectivity index (χ0) is 6.57. The van der Waals surface area contributed by atoms with Crippen LogP contribution in [0.25, 0.3) is 0 Å². The van der Waals surface area contributed by atoms with Crippen LogP contribution in [0.3, 0.4) is 0 Å². The molecule has 3 heteroatoms. The van der Waals surface area contributed by atoms with Crippen LogP contribution in [0.2, 0.25) is 0 Å². The molecule has 1 unspecified atom stereocenters. The van der Waals surface area contributed by atoms with E-state index in [1.165, 1.54) is 0 Å². The van der Waals surface area contributed by atoms with Crippen molar-refractivity contribution in [2.45, 2.75) is 13.3 Å². The number of hydrogen-bond acceptors (Lipinski definition) is 2. The molecule has 0 heterocycles. The molecule has 0 aromatic carbocycles. The highest BCUT2D eigenvalue weighted by Crippen LogP contribution is 2.02. The third-order valence-electron chi connectivity index (χ3n) is 1.13. The van der Waals surface area contributed by atoms with Crippen molar-refractivity contribution in [2.75, 3.05) is 6.54 Å². The van der Waals surface area contributed by atoms with Gasteiger partial charge >= 0.3 is 0 Å². The van der Waals surface area contributed by atoms with Crippen LogP contribution in [-0.2, 0) is 4.79 Å². The normalized spacial score (nSPS) is 13.4. The van der Waals surface area contributed by atoms with Gasteiger partial charge in [0.1, 0.15) is 0 Å². The molecule has 1 atom stereocenters. The Morgan fingerprint density at radius 3 is 2.38 bits per heavy atom. The lowest BCUT2D eigenvalue weighted by Gasteiger charge is -2.03. The minimum atomic E-state index is -0.102. The largest absolute Gasteiger partial charge is 0.330 e. The van der Waals surface area contributed by atoms with Crippen molar-refractivity contribution in [3.05, 3.63) is 0 Å². The van der Waals surface area contributed by atoms with E-state index in [1.807, 2.05) is 6.92 Å². The van der Waals surface area contributed by atoms with Crippen LogP contribution in [0, 0.1) is 5.92 Å². The summed E-state index contributed by atoms with van der Waals surface area (Å²) in [5.41, 5.74) is 5.21. The second-order valence-electron chi connectivity index (χ2n) is 1.68. The topological polar surface area (TPSA) is 43.1 Å². The van der Waals surface area contributed by atoms with Crippen molar-refractivity contribution >= 4 is 17.7 Å². The van der Waals surface area contributed by atoms with E-state index in [4.69, 9.17) is 5.73 Å². The van der Waals surface area contributed by atoms with Crippen molar-refractivity contribution in [3.8, 4) is 0 Å². The number of carbonyl (C=O) groups excluding carboxylic acids is 1. The highest BCUT2D eigenvalue weighted by atomic mass is 32.1. The Morgan fingerprint density at radius 1 is 1.88 bits per heavy atom. The maximum absolute atomic E-state index is 10.4. The SMILES string of the molecule is CCC(CN)C(=O)S. The van der Waals surface area contributed by atoms with Crippen LogP contribution >= 0.6 is 12.6 Å². The molecular formula is C5H11NOS. The van der Waals surface area contributed by atoms with Crippen molar-refractivity contribution in [3.63, 3.8) is 0 Å². The summed E-state index contributed by atoms with van der Waals surface area (Å²) in [6, 6.07) is 0. The molecule has 0 bridgehead atoms. The van der Waals surface area contributed by atoms with Gasteiger partial charge in [0.05, 0.1) is 0 Å². The first kappa shape index (κ1) is 7.98. The second kappa shape index (κ2) is 3.92. The quantitative estimate of drug-likeness (QED) is 0.548. The Morgan fingerprint density at radius 2 is 2.38 bits per heavy atom. The molecule has 2 N–H and O–H groups in total. The van der Waals surface area contributed by atoms with Crippen molar-refractivity contribution in [1.82, 2.24) is 0 Å². The minimum absolute atomic E-state index is 0.0432. The lowest BCUT2D eigenvalue weighted by Crippen LogP contribution is -2.18. The van der Waals surface area contributed by atoms with E-state index >= 15 is 0 Å². The lowest BCUT2D eigenvalue weighted by atomic mass is 10.1. The van der Waals surface area contributed by atoms with Gasteiger partial charge in [-0.15, -0.1) is 12.6 Å². The van der Waals surface area contributed by atoms with E-state index in [9.17, 15) is 4.79 Å². The minimum Gasteiger partial charge on any atom is -0.330 e. The molecule has 0 aromatic rings. The standard InChI is InChI=1S/C5H11NOS/c1-2-4(3-6)5(7)8/h4H,2-3,6H2,1H3,(H,7,8). The fourth-order valence-corrected chi connectivity index (χ4v) is 0.730. The number of carbonyl (C=O) groups is 1. The van der Waals surface area contributed by atoms with Crippen LogP contribution in [0.1, 0.15) is 13.3 Å². The zero-order valence-electron chi connectivity index (χ0n) is 4.92. The van der Waals surface area contributed by atoms with Gasteiger partial charge in [0.2, 0.25) is 0 Å². The molecule has 0 amide bonds. The predicted molar refractivity (Wildman–Crippen MR) is 36.8 cm³/mol. The Kier molecular flexibility index (Phi) is 3.91. The molecule has 0 saturated carbocycles. The van der Waals surface area contributed by atoms with E-state index in [2.05, 4.69) is 12.6 Å². The highest BCUT2D eigenvalue weighted by Gasteiger charge is 2.08. The maximum Gasteiger partial charge on any atom is 0.190 e. The van der Waals surface area contributed by atoms with E-state index in [-0.39, 0.29) is 11.0 Å².